The van der Waals surface area contributed by atoms with Crippen molar-refractivity contribution in [2.24, 2.45) is 0 Å². The van der Waals surface area contributed by atoms with Crippen LogP contribution < -0.4 is 4.90 Å². The summed E-state index contributed by atoms with van der Waals surface area (Å²) in [5, 5.41) is 12.0. The molecule has 4 nitrogen and oxygen atoms in total. The van der Waals surface area contributed by atoms with E-state index in [1.54, 1.807) is 25.2 Å². The second-order valence-corrected chi connectivity index (χ2v) is 6.33. The number of rotatable bonds is 4. The van der Waals surface area contributed by atoms with Crippen LogP contribution in [0.5, 0.6) is 0 Å². The van der Waals surface area contributed by atoms with Gasteiger partial charge in [-0.1, -0.05) is 12.8 Å². The maximum atomic E-state index is 11.2. The molecule has 0 saturated heterocycles. The molecule has 0 atom stereocenters. The zero-order chi connectivity index (χ0) is 13.3. The summed E-state index contributed by atoms with van der Waals surface area (Å²) in [6.45, 7) is 3.40. The van der Waals surface area contributed by atoms with E-state index in [-0.39, 0.29) is 0 Å². The lowest BCUT2D eigenvalue weighted by atomic mass is 9.90. The predicted octanol–water partition coefficient (Wildman–Crippen LogP) is 2.88. The van der Waals surface area contributed by atoms with E-state index in [1.807, 2.05) is 5.38 Å². The van der Waals surface area contributed by atoms with Crippen LogP contribution in [0.25, 0.3) is 0 Å². The van der Waals surface area contributed by atoms with Crippen LogP contribution in [0, 0.1) is 0 Å². The molecule has 1 saturated carbocycles. The Kier molecular flexibility index (Phi) is 3.61. The zero-order valence-corrected chi connectivity index (χ0v) is 12.0. The van der Waals surface area contributed by atoms with E-state index in [9.17, 15) is 9.90 Å². The lowest BCUT2D eigenvalue weighted by Gasteiger charge is -2.23. The van der Waals surface area contributed by atoms with Gasteiger partial charge in [-0.15, -0.1) is 11.3 Å². The fourth-order valence-corrected chi connectivity index (χ4v) is 3.30. The number of carboxylic acid groups (broad SMARTS) is 1. The molecule has 18 heavy (non-hydrogen) atoms. The van der Waals surface area contributed by atoms with Gasteiger partial charge in [0.2, 0.25) is 0 Å². The van der Waals surface area contributed by atoms with Crippen molar-refractivity contribution in [1.82, 2.24) is 4.98 Å². The molecule has 0 unspecified atom stereocenters. The maximum Gasteiger partial charge on any atom is 0.315 e. The minimum Gasteiger partial charge on any atom is -0.481 e. The van der Waals surface area contributed by atoms with Crippen molar-refractivity contribution in [3.05, 3.63) is 11.1 Å². The zero-order valence-electron chi connectivity index (χ0n) is 11.1. The quantitative estimate of drug-likeness (QED) is 0.912. The highest BCUT2D eigenvalue weighted by molar-refractivity contribution is 7.13. The molecule has 0 radical (unpaired) electrons. The first-order chi connectivity index (χ1) is 8.43. The van der Waals surface area contributed by atoms with Crippen LogP contribution in [-0.2, 0) is 10.2 Å². The summed E-state index contributed by atoms with van der Waals surface area (Å²) < 4.78 is 0. The number of aliphatic carboxylic acids is 1. The van der Waals surface area contributed by atoms with E-state index in [1.165, 1.54) is 25.7 Å². The number of anilines is 1. The van der Waals surface area contributed by atoms with E-state index in [2.05, 4.69) is 16.9 Å². The van der Waals surface area contributed by atoms with Crippen LogP contribution in [0.4, 0.5) is 5.13 Å². The summed E-state index contributed by atoms with van der Waals surface area (Å²) in [7, 11) is 2.06. The van der Waals surface area contributed by atoms with Gasteiger partial charge >= 0.3 is 5.97 Å². The Balaban J connectivity index is 2.17. The summed E-state index contributed by atoms with van der Waals surface area (Å²) in [6.07, 6.45) is 5.00. The first-order valence-corrected chi connectivity index (χ1v) is 7.23. The van der Waals surface area contributed by atoms with E-state index in [0.29, 0.717) is 11.7 Å². The molecule has 1 aromatic heterocycles. The average Bonchev–Trinajstić information content (AvgIpc) is 2.99. The molecule has 0 bridgehead atoms. The molecule has 1 N–H and O–H groups in total. The normalized spacial score (nSPS) is 17.1. The van der Waals surface area contributed by atoms with E-state index < -0.39 is 11.4 Å². The Morgan fingerprint density at radius 1 is 1.50 bits per heavy atom. The van der Waals surface area contributed by atoms with Crippen molar-refractivity contribution < 1.29 is 9.90 Å². The van der Waals surface area contributed by atoms with Gasteiger partial charge in [-0.25, -0.2) is 4.98 Å². The van der Waals surface area contributed by atoms with Crippen LogP contribution in [0.3, 0.4) is 0 Å². The van der Waals surface area contributed by atoms with Crippen molar-refractivity contribution in [1.29, 1.82) is 0 Å². The van der Waals surface area contributed by atoms with Gasteiger partial charge in [0.15, 0.2) is 5.13 Å². The van der Waals surface area contributed by atoms with Gasteiger partial charge in [-0.05, 0) is 26.7 Å². The van der Waals surface area contributed by atoms with Crippen molar-refractivity contribution >= 4 is 22.4 Å². The summed E-state index contributed by atoms with van der Waals surface area (Å²) in [5.74, 6) is -0.831. The number of nitrogens with zero attached hydrogens (tertiary/aromatic N) is 2. The molecule has 0 amide bonds. The van der Waals surface area contributed by atoms with Crippen LogP contribution in [-0.4, -0.2) is 29.1 Å². The van der Waals surface area contributed by atoms with Gasteiger partial charge in [-0.3, -0.25) is 4.79 Å². The smallest absolute Gasteiger partial charge is 0.315 e. The molecule has 1 fully saturated rings. The fraction of sp³-hybridized carbons (Fsp3) is 0.692. The third-order valence-electron chi connectivity index (χ3n) is 3.84. The van der Waals surface area contributed by atoms with Gasteiger partial charge in [-0.2, -0.15) is 0 Å². The van der Waals surface area contributed by atoms with Gasteiger partial charge < -0.3 is 10.0 Å². The van der Waals surface area contributed by atoms with Crippen LogP contribution in [0.1, 0.15) is 45.2 Å². The molecule has 1 aromatic rings. The average molecular weight is 268 g/mol. The molecule has 2 rings (SSSR count). The lowest BCUT2D eigenvalue weighted by Crippen LogP contribution is -2.31. The molecule has 1 heterocycles. The molecule has 0 aromatic carbocycles. The van der Waals surface area contributed by atoms with Crippen molar-refractivity contribution in [3.63, 3.8) is 0 Å². The number of hydrogen-bond acceptors (Lipinski definition) is 4. The minimum atomic E-state index is -0.911. The van der Waals surface area contributed by atoms with Crippen LogP contribution in [0.2, 0.25) is 0 Å². The summed E-state index contributed by atoms with van der Waals surface area (Å²) >= 11 is 1.54. The second-order valence-electron chi connectivity index (χ2n) is 5.49. The highest BCUT2D eigenvalue weighted by Gasteiger charge is 2.33. The monoisotopic (exact) mass is 268 g/mol. The van der Waals surface area contributed by atoms with Crippen LogP contribution >= 0.6 is 11.3 Å². The van der Waals surface area contributed by atoms with Gasteiger partial charge in [0.25, 0.3) is 0 Å². The van der Waals surface area contributed by atoms with Crippen molar-refractivity contribution in [2.75, 3.05) is 11.9 Å². The Bertz CT molecular complexity index is 436. The van der Waals surface area contributed by atoms with E-state index >= 15 is 0 Å². The molecular weight excluding hydrogens is 248 g/mol. The molecule has 5 heteroatoms. The SMILES string of the molecule is CN(c1nc(C(C)(C)C(=O)O)cs1)C1CCCC1. The molecule has 0 spiro atoms. The summed E-state index contributed by atoms with van der Waals surface area (Å²) in [6, 6.07) is 0.567. The van der Waals surface area contributed by atoms with Crippen molar-refractivity contribution in [3.8, 4) is 0 Å². The standard InChI is InChI=1S/C13H20N2O2S/c1-13(2,11(16)17)10-8-18-12(14-10)15(3)9-6-4-5-7-9/h8-9H,4-7H2,1-3H3,(H,16,17). The van der Waals surface area contributed by atoms with E-state index in [4.69, 9.17) is 0 Å². The Morgan fingerprint density at radius 3 is 2.67 bits per heavy atom. The second kappa shape index (κ2) is 4.88. The molecular formula is C13H20N2O2S. The predicted molar refractivity (Wildman–Crippen MR) is 73.4 cm³/mol. The largest absolute Gasteiger partial charge is 0.481 e. The summed E-state index contributed by atoms with van der Waals surface area (Å²) in [5.41, 5.74) is -0.259. The van der Waals surface area contributed by atoms with Crippen molar-refractivity contribution in [2.45, 2.75) is 51.0 Å². The molecule has 100 valence electrons. The topological polar surface area (TPSA) is 53.4 Å². The van der Waals surface area contributed by atoms with Gasteiger partial charge in [0.1, 0.15) is 5.41 Å². The minimum absolute atomic E-state index is 0.567. The Labute approximate surface area is 112 Å². The lowest BCUT2D eigenvalue weighted by molar-refractivity contribution is -0.142. The number of hydrogen-bond donors (Lipinski definition) is 1. The fourth-order valence-electron chi connectivity index (χ4n) is 2.27. The van der Waals surface area contributed by atoms with Gasteiger partial charge in [0, 0.05) is 18.5 Å². The summed E-state index contributed by atoms with van der Waals surface area (Å²) in [4.78, 5) is 17.9. The molecule has 1 aliphatic carbocycles. The highest BCUT2D eigenvalue weighted by atomic mass is 32.1. The maximum absolute atomic E-state index is 11.2. The first-order valence-electron chi connectivity index (χ1n) is 6.35. The molecule has 0 aliphatic heterocycles. The first kappa shape index (κ1) is 13.3. The van der Waals surface area contributed by atoms with Crippen LogP contribution in [0.15, 0.2) is 5.38 Å². The molecule has 1 aliphatic rings. The van der Waals surface area contributed by atoms with Gasteiger partial charge in [0.05, 0.1) is 5.69 Å². The number of thiazole rings is 1. The number of aromatic nitrogens is 1. The Morgan fingerprint density at radius 2 is 2.11 bits per heavy atom. The third kappa shape index (κ3) is 2.36. The Hall–Kier alpha value is -1.10. The highest BCUT2D eigenvalue weighted by Crippen LogP contribution is 2.32. The third-order valence-corrected chi connectivity index (χ3v) is 4.77. The van der Waals surface area contributed by atoms with E-state index in [0.717, 1.165) is 5.13 Å². The number of carboxylic acids is 1. The number of carbonyl (C=O) groups is 1.